The van der Waals surface area contributed by atoms with Crippen molar-refractivity contribution in [2.24, 2.45) is 0 Å². The smallest absolute Gasteiger partial charge is 1.00 e. The van der Waals surface area contributed by atoms with E-state index >= 15 is 0 Å². The quantitative estimate of drug-likeness (QED) is 0.384. The molecule has 0 aromatic heterocycles. The molecule has 0 heterocycles. The maximum atomic E-state index is 10.8. The molecule has 6 heteroatoms. The van der Waals surface area contributed by atoms with Gasteiger partial charge in [-0.05, 0) is 12.1 Å². The third-order valence-corrected chi connectivity index (χ3v) is 3.05. The summed E-state index contributed by atoms with van der Waals surface area (Å²) in [4.78, 5) is 0.410. The van der Waals surface area contributed by atoms with Gasteiger partial charge in [0.05, 0.1) is 4.90 Å². The van der Waals surface area contributed by atoms with E-state index < -0.39 is 9.05 Å². The van der Waals surface area contributed by atoms with E-state index in [1.54, 1.807) is 18.2 Å². The molecule has 0 unspecified atom stereocenters. The molecule has 62 valence electrons. The molecule has 0 saturated heterocycles. The summed E-state index contributed by atoms with van der Waals surface area (Å²) < 4.78 is 21.5. The second-order valence-electron chi connectivity index (χ2n) is 1.91. The number of benzene rings is 1. The molecule has 0 fully saturated rings. The summed E-state index contributed by atoms with van der Waals surface area (Å²) in [5.41, 5.74) is 0. The van der Waals surface area contributed by atoms with Gasteiger partial charge >= 0.3 is 29.6 Å². The second kappa shape index (κ2) is 4.88. The van der Waals surface area contributed by atoms with Crippen molar-refractivity contribution in [3.63, 3.8) is 0 Å². The van der Waals surface area contributed by atoms with Crippen LogP contribution < -0.4 is 29.6 Å². The Morgan fingerprint density at radius 2 is 1.83 bits per heavy atom. The van der Waals surface area contributed by atoms with E-state index in [1.807, 2.05) is 0 Å². The second-order valence-corrected chi connectivity index (χ2v) is 4.92. The zero-order valence-corrected chi connectivity index (χ0v) is 10.8. The molecule has 1 rings (SSSR count). The molecule has 2 nitrogen and oxygen atoms in total. The monoisotopic (exact) mass is 232 g/mol. The fourth-order valence-electron chi connectivity index (χ4n) is 0.663. The number of thiol groups is 1. The molecular formula is C6H6ClNaO2S2. The summed E-state index contributed by atoms with van der Waals surface area (Å²) in [5, 5.41) is 0. The van der Waals surface area contributed by atoms with E-state index in [2.05, 4.69) is 12.6 Å². The van der Waals surface area contributed by atoms with E-state index in [0.29, 0.717) is 4.90 Å². The van der Waals surface area contributed by atoms with Crippen molar-refractivity contribution in [3.05, 3.63) is 24.3 Å². The predicted octanol–water partition coefficient (Wildman–Crippen LogP) is -0.981. The van der Waals surface area contributed by atoms with Crippen LogP contribution in [-0.4, -0.2) is 8.42 Å². The summed E-state index contributed by atoms with van der Waals surface area (Å²) in [5.74, 6) is 0. The average Bonchev–Trinajstić information content (AvgIpc) is 1.86. The Morgan fingerprint density at radius 3 is 2.17 bits per heavy atom. The zero-order chi connectivity index (χ0) is 8.48. The topological polar surface area (TPSA) is 34.1 Å². The normalized spacial score (nSPS) is 10.5. The van der Waals surface area contributed by atoms with Gasteiger partial charge in [0, 0.05) is 15.6 Å². The van der Waals surface area contributed by atoms with Crippen molar-refractivity contribution < 1.29 is 39.4 Å². The van der Waals surface area contributed by atoms with Crippen LogP contribution in [0.15, 0.2) is 34.1 Å². The van der Waals surface area contributed by atoms with Gasteiger partial charge in [0.15, 0.2) is 0 Å². The molecule has 0 amide bonds. The summed E-state index contributed by atoms with van der Waals surface area (Å²) >= 11 is 3.93. The maximum Gasteiger partial charge on any atom is 1.00 e. The SMILES string of the molecule is O=S(=O)(Cl)c1ccccc1S.[H-].[Na+]. The van der Waals surface area contributed by atoms with Gasteiger partial charge in [0.2, 0.25) is 0 Å². The summed E-state index contributed by atoms with van der Waals surface area (Å²) in [6, 6.07) is 6.26. The number of hydrogen-bond donors (Lipinski definition) is 1. The first-order chi connectivity index (χ1) is 5.02. The summed E-state index contributed by atoms with van der Waals surface area (Å²) in [7, 11) is 1.45. The van der Waals surface area contributed by atoms with Crippen molar-refractivity contribution in [2.75, 3.05) is 0 Å². The molecule has 0 aliphatic heterocycles. The van der Waals surface area contributed by atoms with E-state index in [4.69, 9.17) is 10.7 Å². The minimum atomic E-state index is -3.64. The van der Waals surface area contributed by atoms with Gasteiger partial charge in [-0.15, -0.1) is 12.6 Å². The Balaban J connectivity index is 0. The molecule has 1 aromatic rings. The van der Waals surface area contributed by atoms with Crippen LogP contribution in [0.25, 0.3) is 0 Å². The predicted molar refractivity (Wildman–Crippen MR) is 47.8 cm³/mol. The van der Waals surface area contributed by atoms with Crippen LogP contribution in [-0.2, 0) is 9.05 Å². The van der Waals surface area contributed by atoms with Gasteiger partial charge in [-0.2, -0.15) is 0 Å². The van der Waals surface area contributed by atoms with Crippen LogP contribution in [0.3, 0.4) is 0 Å². The molecule has 0 atom stereocenters. The van der Waals surface area contributed by atoms with Crippen LogP contribution in [0.2, 0.25) is 0 Å². The molecule has 1 aromatic carbocycles. The minimum Gasteiger partial charge on any atom is -1.00 e. The third kappa shape index (κ3) is 3.28. The van der Waals surface area contributed by atoms with Crippen molar-refractivity contribution >= 4 is 32.4 Å². The number of halogens is 1. The van der Waals surface area contributed by atoms with Gasteiger partial charge in [-0.3, -0.25) is 0 Å². The Morgan fingerprint density at radius 1 is 1.33 bits per heavy atom. The number of rotatable bonds is 1. The van der Waals surface area contributed by atoms with Crippen LogP contribution in [0.4, 0.5) is 0 Å². The fraction of sp³-hybridized carbons (Fsp3) is 0. The van der Waals surface area contributed by atoms with Crippen LogP contribution in [0.5, 0.6) is 0 Å². The summed E-state index contributed by atoms with van der Waals surface area (Å²) in [6.07, 6.45) is 0. The first kappa shape index (κ1) is 12.8. The molecule has 12 heavy (non-hydrogen) atoms. The molecule has 0 aliphatic carbocycles. The number of hydrogen-bond acceptors (Lipinski definition) is 3. The van der Waals surface area contributed by atoms with Crippen LogP contribution in [0.1, 0.15) is 1.43 Å². The standard InChI is InChI=1S/C6H5ClO2S2.Na.H/c7-11(8,9)6-4-2-1-3-5(6)10;;/h1-4,10H;;/q;+1;-1. The van der Waals surface area contributed by atoms with Crippen molar-refractivity contribution in [3.8, 4) is 0 Å². The van der Waals surface area contributed by atoms with Gasteiger partial charge in [-0.25, -0.2) is 8.42 Å². The van der Waals surface area contributed by atoms with Gasteiger partial charge in [0.25, 0.3) is 9.05 Å². The van der Waals surface area contributed by atoms with Gasteiger partial charge in [-0.1, -0.05) is 12.1 Å². The van der Waals surface area contributed by atoms with E-state index in [0.717, 1.165) is 0 Å². The zero-order valence-electron chi connectivity index (χ0n) is 7.36. The third-order valence-electron chi connectivity index (χ3n) is 1.13. The van der Waals surface area contributed by atoms with E-state index in [-0.39, 0.29) is 35.9 Å². The van der Waals surface area contributed by atoms with Crippen molar-refractivity contribution in [1.82, 2.24) is 0 Å². The Bertz CT molecular complexity index is 369. The largest absolute Gasteiger partial charge is 1.00 e. The van der Waals surface area contributed by atoms with Crippen molar-refractivity contribution in [2.45, 2.75) is 9.79 Å². The Labute approximate surface area is 105 Å². The molecule has 0 saturated carbocycles. The average molecular weight is 233 g/mol. The molecular weight excluding hydrogens is 227 g/mol. The minimum absolute atomic E-state index is 0. The van der Waals surface area contributed by atoms with Gasteiger partial charge in [0.1, 0.15) is 0 Å². The Hall–Kier alpha value is 0.810. The molecule has 0 bridgehead atoms. The first-order valence-electron chi connectivity index (χ1n) is 2.74. The van der Waals surface area contributed by atoms with Crippen molar-refractivity contribution in [1.29, 1.82) is 0 Å². The van der Waals surface area contributed by atoms with E-state index in [9.17, 15) is 8.42 Å². The van der Waals surface area contributed by atoms with Crippen LogP contribution in [0, 0.1) is 0 Å². The maximum absolute atomic E-state index is 10.8. The molecule has 0 radical (unpaired) electrons. The Kier molecular flexibility index (Phi) is 5.21. The molecule has 0 spiro atoms. The van der Waals surface area contributed by atoms with E-state index in [1.165, 1.54) is 6.07 Å². The fourth-order valence-corrected chi connectivity index (χ4v) is 2.31. The summed E-state index contributed by atoms with van der Waals surface area (Å²) in [6.45, 7) is 0. The first-order valence-corrected chi connectivity index (χ1v) is 5.50. The van der Waals surface area contributed by atoms with Crippen LogP contribution >= 0.6 is 23.3 Å². The molecule has 0 aliphatic rings. The van der Waals surface area contributed by atoms with Gasteiger partial charge < -0.3 is 1.43 Å². The molecule has 0 N–H and O–H groups in total.